The van der Waals surface area contributed by atoms with Gasteiger partial charge in [-0.2, -0.15) is 0 Å². The number of anilines is 1. The molecule has 3 aromatic rings. The Morgan fingerprint density at radius 1 is 0.966 bits per heavy atom. The fourth-order valence-corrected chi connectivity index (χ4v) is 3.24. The third-order valence-corrected chi connectivity index (χ3v) is 4.73. The number of para-hydroxylation sites is 1. The highest BCUT2D eigenvalue weighted by molar-refractivity contribution is 9.10. The zero-order chi connectivity index (χ0) is 20.6. The van der Waals surface area contributed by atoms with Gasteiger partial charge in [0.2, 0.25) is 0 Å². The Bertz CT molecular complexity index is 1010. The van der Waals surface area contributed by atoms with E-state index in [9.17, 15) is 9.59 Å². The minimum atomic E-state index is -0.337. The predicted molar refractivity (Wildman–Crippen MR) is 117 cm³/mol. The van der Waals surface area contributed by atoms with Crippen molar-refractivity contribution in [2.24, 2.45) is 0 Å². The highest BCUT2D eigenvalue weighted by atomic mass is 79.9. The van der Waals surface area contributed by atoms with Crippen LogP contribution in [0.5, 0.6) is 5.75 Å². The lowest BCUT2D eigenvalue weighted by atomic mass is 10.1. The van der Waals surface area contributed by atoms with Crippen LogP contribution in [0.1, 0.15) is 21.5 Å². The Labute approximate surface area is 178 Å². The largest absolute Gasteiger partial charge is 0.483 e. The van der Waals surface area contributed by atoms with Crippen molar-refractivity contribution >= 4 is 33.4 Å². The minimum absolute atomic E-state index is 0.150. The molecule has 148 valence electrons. The fourth-order valence-electron chi connectivity index (χ4n) is 2.77. The van der Waals surface area contributed by atoms with E-state index in [0.717, 1.165) is 15.6 Å². The molecule has 2 N–H and O–H groups in total. The summed E-state index contributed by atoms with van der Waals surface area (Å²) < 4.78 is 6.54. The van der Waals surface area contributed by atoms with Crippen molar-refractivity contribution in [1.82, 2.24) is 5.32 Å². The Hall–Kier alpha value is -3.12. The highest BCUT2D eigenvalue weighted by Gasteiger charge is 2.13. The molecule has 0 aromatic heterocycles. The van der Waals surface area contributed by atoms with Crippen LogP contribution >= 0.6 is 15.9 Å². The first kappa shape index (κ1) is 20.6. The molecule has 3 aromatic carbocycles. The average Bonchev–Trinajstić information content (AvgIpc) is 2.72. The number of benzene rings is 3. The third-order valence-electron chi connectivity index (χ3n) is 4.24. The lowest BCUT2D eigenvalue weighted by Gasteiger charge is -2.13. The normalized spacial score (nSPS) is 10.3. The summed E-state index contributed by atoms with van der Waals surface area (Å²) in [5.41, 5.74) is 2.77. The molecule has 0 aliphatic heterocycles. The Morgan fingerprint density at radius 3 is 2.45 bits per heavy atom. The van der Waals surface area contributed by atoms with Crippen molar-refractivity contribution in [3.63, 3.8) is 0 Å². The van der Waals surface area contributed by atoms with Crippen LogP contribution in [0.15, 0.2) is 77.3 Å². The van der Waals surface area contributed by atoms with Crippen molar-refractivity contribution < 1.29 is 14.3 Å². The number of amides is 2. The monoisotopic (exact) mass is 452 g/mol. The van der Waals surface area contributed by atoms with Gasteiger partial charge in [0.05, 0.1) is 11.3 Å². The SMILES string of the molecule is Cc1cc(Br)ccc1OCC(=O)Nc1ccccc1C(=O)NCc1ccccc1. The van der Waals surface area contributed by atoms with Gasteiger partial charge in [0.25, 0.3) is 11.8 Å². The average molecular weight is 453 g/mol. The van der Waals surface area contributed by atoms with E-state index >= 15 is 0 Å². The molecule has 0 saturated carbocycles. The molecule has 0 atom stereocenters. The maximum atomic E-state index is 12.6. The lowest BCUT2D eigenvalue weighted by Crippen LogP contribution is -2.26. The van der Waals surface area contributed by atoms with Crippen LogP contribution in [0.4, 0.5) is 5.69 Å². The zero-order valence-corrected chi connectivity index (χ0v) is 17.5. The summed E-state index contributed by atoms with van der Waals surface area (Å²) >= 11 is 3.40. The van der Waals surface area contributed by atoms with Gasteiger partial charge in [-0.1, -0.05) is 58.4 Å². The Kier molecular flexibility index (Phi) is 7.03. The van der Waals surface area contributed by atoms with Gasteiger partial charge in [0.1, 0.15) is 5.75 Å². The first-order valence-corrected chi connectivity index (χ1v) is 9.92. The van der Waals surface area contributed by atoms with E-state index in [0.29, 0.717) is 23.5 Å². The van der Waals surface area contributed by atoms with Gasteiger partial charge in [-0.25, -0.2) is 0 Å². The number of halogens is 1. The van der Waals surface area contributed by atoms with Crippen LogP contribution in [0.25, 0.3) is 0 Å². The Balaban J connectivity index is 1.60. The molecule has 0 fully saturated rings. The second-order valence-corrected chi connectivity index (χ2v) is 7.38. The first-order chi connectivity index (χ1) is 14.0. The number of aryl methyl sites for hydroxylation is 1. The summed E-state index contributed by atoms with van der Waals surface area (Å²) in [5, 5.41) is 5.63. The van der Waals surface area contributed by atoms with Crippen molar-refractivity contribution in [3.8, 4) is 5.75 Å². The lowest BCUT2D eigenvalue weighted by molar-refractivity contribution is -0.118. The van der Waals surface area contributed by atoms with E-state index in [1.165, 1.54) is 0 Å². The van der Waals surface area contributed by atoms with E-state index in [2.05, 4.69) is 26.6 Å². The third kappa shape index (κ3) is 5.93. The zero-order valence-electron chi connectivity index (χ0n) is 15.9. The number of hydrogen-bond donors (Lipinski definition) is 2. The van der Waals surface area contributed by atoms with E-state index in [4.69, 9.17) is 4.74 Å². The topological polar surface area (TPSA) is 67.4 Å². The van der Waals surface area contributed by atoms with Crippen LogP contribution in [0.2, 0.25) is 0 Å². The summed E-state index contributed by atoms with van der Waals surface area (Å²) in [7, 11) is 0. The van der Waals surface area contributed by atoms with Gasteiger partial charge in [0.15, 0.2) is 6.61 Å². The van der Waals surface area contributed by atoms with Crippen LogP contribution in [0.3, 0.4) is 0 Å². The van der Waals surface area contributed by atoms with Gasteiger partial charge >= 0.3 is 0 Å². The summed E-state index contributed by atoms with van der Waals surface area (Å²) in [6, 6.07) is 22.1. The van der Waals surface area contributed by atoms with E-state index in [-0.39, 0.29) is 18.4 Å². The fraction of sp³-hybridized carbons (Fsp3) is 0.130. The molecule has 6 heteroatoms. The van der Waals surface area contributed by atoms with Crippen LogP contribution < -0.4 is 15.4 Å². The Morgan fingerprint density at radius 2 is 1.69 bits per heavy atom. The molecule has 0 radical (unpaired) electrons. The molecule has 0 unspecified atom stereocenters. The van der Waals surface area contributed by atoms with Gasteiger partial charge < -0.3 is 15.4 Å². The molecule has 0 heterocycles. The number of hydrogen-bond acceptors (Lipinski definition) is 3. The molecule has 0 saturated heterocycles. The maximum absolute atomic E-state index is 12.6. The first-order valence-electron chi connectivity index (χ1n) is 9.13. The molecule has 0 bridgehead atoms. The highest BCUT2D eigenvalue weighted by Crippen LogP contribution is 2.22. The number of carbonyl (C=O) groups excluding carboxylic acids is 2. The van der Waals surface area contributed by atoms with E-state index < -0.39 is 0 Å². The predicted octanol–water partition coefficient (Wildman–Crippen LogP) is 4.71. The molecular weight excluding hydrogens is 432 g/mol. The van der Waals surface area contributed by atoms with Crippen LogP contribution in [-0.4, -0.2) is 18.4 Å². The van der Waals surface area contributed by atoms with Gasteiger partial charge in [0, 0.05) is 11.0 Å². The molecule has 0 aliphatic carbocycles. The van der Waals surface area contributed by atoms with E-state index in [1.54, 1.807) is 30.3 Å². The number of nitrogens with one attached hydrogen (secondary N) is 2. The second kappa shape index (κ2) is 9.89. The summed E-state index contributed by atoms with van der Waals surface area (Å²) in [4.78, 5) is 24.9. The number of rotatable bonds is 7. The molecule has 3 rings (SSSR count). The van der Waals surface area contributed by atoms with Gasteiger partial charge in [-0.15, -0.1) is 0 Å². The standard InChI is InChI=1S/C23H21BrN2O3/c1-16-13-18(24)11-12-21(16)29-15-22(27)26-20-10-6-5-9-19(20)23(28)25-14-17-7-3-2-4-8-17/h2-13H,14-15H2,1H3,(H,25,28)(H,26,27). The molecule has 0 aliphatic rings. The smallest absolute Gasteiger partial charge is 0.262 e. The van der Waals surface area contributed by atoms with Crippen molar-refractivity contribution in [2.75, 3.05) is 11.9 Å². The van der Waals surface area contributed by atoms with Gasteiger partial charge in [-0.05, 0) is 48.4 Å². The van der Waals surface area contributed by atoms with E-state index in [1.807, 2.05) is 49.4 Å². The minimum Gasteiger partial charge on any atom is -0.483 e. The maximum Gasteiger partial charge on any atom is 0.262 e. The molecular formula is C23H21BrN2O3. The molecule has 0 spiro atoms. The van der Waals surface area contributed by atoms with Gasteiger partial charge in [-0.3, -0.25) is 9.59 Å². The number of carbonyl (C=O) groups is 2. The second-order valence-electron chi connectivity index (χ2n) is 6.46. The quantitative estimate of drug-likeness (QED) is 0.545. The van der Waals surface area contributed by atoms with Crippen molar-refractivity contribution in [2.45, 2.75) is 13.5 Å². The summed E-state index contributed by atoms with van der Waals surface area (Å²) in [6.07, 6.45) is 0. The van der Waals surface area contributed by atoms with Crippen LogP contribution in [0, 0.1) is 6.92 Å². The van der Waals surface area contributed by atoms with Crippen LogP contribution in [-0.2, 0) is 11.3 Å². The summed E-state index contributed by atoms with van der Waals surface area (Å²) in [5.74, 6) is 0.0438. The summed E-state index contributed by atoms with van der Waals surface area (Å²) in [6.45, 7) is 2.17. The number of ether oxygens (including phenoxy) is 1. The molecule has 5 nitrogen and oxygen atoms in total. The molecule has 29 heavy (non-hydrogen) atoms. The van der Waals surface area contributed by atoms with Crippen molar-refractivity contribution in [1.29, 1.82) is 0 Å². The molecule has 2 amide bonds. The van der Waals surface area contributed by atoms with Crippen molar-refractivity contribution in [3.05, 3.63) is 94.0 Å².